The lowest BCUT2D eigenvalue weighted by molar-refractivity contribution is -0.121. The molecule has 1 unspecified atom stereocenters. The minimum Gasteiger partial charge on any atom is -0.393 e. The summed E-state index contributed by atoms with van der Waals surface area (Å²) in [6.45, 7) is 4.85. The van der Waals surface area contributed by atoms with E-state index in [1.54, 1.807) is 6.08 Å². The fraction of sp³-hybridized carbons (Fsp3) is 0.412. The van der Waals surface area contributed by atoms with E-state index in [9.17, 15) is 9.59 Å². The summed E-state index contributed by atoms with van der Waals surface area (Å²) in [6, 6.07) is 12.6. The molecule has 2 saturated carbocycles. The Morgan fingerprint density at radius 3 is 2.54 bits per heavy atom. The molecule has 2 aliphatic carbocycles. The summed E-state index contributed by atoms with van der Waals surface area (Å²) in [5.74, 6) is -0.365. The third kappa shape index (κ3) is 5.92. The van der Waals surface area contributed by atoms with Crippen molar-refractivity contribution in [2.24, 2.45) is 17.4 Å². The second-order valence-corrected chi connectivity index (χ2v) is 12.9. The van der Waals surface area contributed by atoms with E-state index in [1.807, 2.05) is 36.7 Å². The number of fused-ring (bicyclic) bond motifs is 3. The lowest BCUT2D eigenvalue weighted by atomic mass is 9.91. The molecule has 1 saturated heterocycles. The lowest BCUT2D eigenvalue weighted by Gasteiger charge is -2.43. The minimum atomic E-state index is -0.367. The van der Waals surface area contributed by atoms with Gasteiger partial charge in [0, 0.05) is 62.0 Å². The number of amides is 2. The van der Waals surface area contributed by atoms with Crippen LogP contribution in [0.4, 0.5) is 11.4 Å². The fourth-order valence-corrected chi connectivity index (χ4v) is 6.52. The molecule has 7 rings (SSSR count). The van der Waals surface area contributed by atoms with Gasteiger partial charge in [0.05, 0.1) is 46.7 Å². The molecule has 12 heteroatoms. The second kappa shape index (κ2) is 12.2. The van der Waals surface area contributed by atoms with Gasteiger partial charge in [0.1, 0.15) is 11.5 Å². The van der Waals surface area contributed by atoms with E-state index in [0.717, 1.165) is 79.9 Å². The van der Waals surface area contributed by atoms with Gasteiger partial charge >= 0.3 is 0 Å². The maximum atomic E-state index is 13.1. The molecule has 3 fully saturated rings. The molecule has 12 nitrogen and oxygen atoms in total. The number of nitrogens with zero attached hydrogens (tertiary/aromatic N) is 5. The molecule has 4 heterocycles. The summed E-state index contributed by atoms with van der Waals surface area (Å²) in [5.41, 5.74) is 19.2. The van der Waals surface area contributed by atoms with Crippen LogP contribution in [0.15, 0.2) is 72.1 Å². The van der Waals surface area contributed by atoms with Gasteiger partial charge in [-0.1, -0.05) is 25.1 Å². The number of hydrogen-bond donors (Lipinski definition) is 5. The molecule has 46 heavy (non-hydrogen) atoms. The Morgan fingerprint density at radius 2 is 1.85 bits per heavy atom. The van der Waals surface area contributed by atoms with Crippen molar-refractivity contribution >= 4 is 23.2 Å². The van der Waals surface area contributed by atoms with Crippen LogP contribution in [0, 0.1) is 5.92 Å². The van der Waals surface area contributed by atoms with Crippen LogP contribution in [0.25, 0.3) is 11.1 Å². The fourth-order valence-electron chi connectivity index (χ4n) is 6.52. The van der Waals surface area contributed by atoms with E-state index >= 15 is 0 Å². The molecule has 1 aromatic carbocycles. The topological polar surface area (TPSA) is 159 Å². The Balaban J connectivity index is 1.18. The van der Waals surface area contributed by atoms with E-state index < -0.39 is 0 Å². The SMILES string of the molecule is CCC1c2c(cnn2C2CN(Cc3ccccn3)C2)-c2cccc(NC(/C=C(\N)NC(=O)C3CC3)=C(/N)C(=O)NC3CC3)c2N1C. The number of benzene rings is 1. The summed E-state index contributed by atoms with van der Waals surface area (Å²) < 4.78 is 2.22. The van der Waals surface area contributed by atoms with Gasteiger partial charge in [-0.25, -0.2) is 0 Å². The van der Waals surface area contributed by atoms with Crippen molar-refractivity contribution in [1.29, 1.82) is 0 Å². The molecule has 2 amide bonds. The predicted octanol–water partition coefficient (Wildman–Crippen LogP) is 3.09. The number of nitrogens with one attached hydrogen (secondary N) is 3. The molecule has 3 aromatic rings. The molecule has 0 radical (unpaired) electrons. The van der Waals surface area contributed by atoms with E-state index in [-0.39, 0.29) is 47.4 Å². The van der Waals surface area contributed by atoms with Crippen LogP contribution in [0.3, 0.4) is 0 Å². The summed E-state index contributed by atoms with van der Waals surface area (Å²) >= 11 is 0. The Morgan fingerprint density at radius 1 is 1.04 bits per heavy atom. The van der Waals surface area contributed by atoms with Crippen molar-refractivity contribution in [3.8, 4) is 11.1 Å². The molecule has 2 aliphatic heterocycles. The average molecular weight is 623 g/mol. The number of pyridine rings is 1. The summed E-state index contributed by atoms with van der Waals surface area (Å²) in [7, 11) is 2.10. The molecular formula is C34H42N10O2. The maximum Gasteiger partial charge on any atom is 0.269 e. The number of aromatic nitrogens is 3. The maximum absolute atomic E-state index is 13.1. The van der Waals surface area contributed by atoms with Gasteiger partial charge < -0.3 is 32.3 Å². The van der Waals surface area contributed by atoms with Crippen molar-refractivity contribution in [2.45, 2.75) is 63.7 Å². The number of para-hydroxylation sites is 1. The van der Waals surface area contributed by atoms with Crippen LogP contribution in [-0.4, -0.2) is 57.7 Å². The average Bonchev–Trinajstić information content (AvgIpc) is 3.97. The Hall–Kier alpha value is -4.84. The zero-order valence-electron chi connectivity index (χ0n) is 26.4. The molecule has 0 bridgehead atoms. The minimum absolute atomic E-state index is 0.00683. The standard InChI is InChI=1S/C34H42N10O2/c1-3-28-32-25(16-38-44(32)23-18-43(19-23)17-22-7-4-5-14-37-22)24-8-6-9-26(31(24)42(28)2)40-27(30(36)34(46)39-21-12-13-21)15-29(35)41-33(45)20-10-11-20/h4-9,14-16,20-21,23,28,40H,3,10-13,17-19,35-36H2,1-2H3,(H,39,46)(H,41,45)/b29-15+,30-27+. The first kappa shape index (κ1) is 29.8. The number of nitrogens with two attached hydrogens (primary N) is 2. The monoisotopic (exact) mass is 622 g/mol. The zero-order valence-corrected chi connectivity index (χ0v) is 26.4. The van der Waals surface area contributed by atoms with Gasteiger partial charge in [0.15, 0.2) is 0 Å². The molecule has 4 aliphatic rings. The molecule has 240 valence electrons. The van der Waals surface area contributed by atoms with E-state index in [0.29, 0.717) is 5.70 Å². The normalized spacial score (nSPS) is 20.3. The quantitative estimate of drug-likeness (QED) is 0.160. The van der Waals surface area contributed by atoms with Crippen molar-refractivity contribution in [3.05, 3.63) is 83.5 Å². The highest BCUT2D eigenvalue weighted by molar-refractivity contribution is 5.96. The van der Waals surface area contributed by atoms with Gasteiger partial charge in [0.25, 0.3) is 5.91 Å². The van der Waals surface area contributed by atoms with Crippen molar-refractivity contribution < 1.29 is 9.59 Å². The first-order valence-corrected chi connectivity index (χ1v) is 16.2. The molecule has 2 aromatic heterocycles. The number of carbonyl (C=O) groups excluding carboxylic acids is 2. The third-order valence-corrected chi connectivity index (χ3v) is 9.31. The van der Waals surface area contributed by atoms with Crippen molar-refractivity contribution in [2.75, 3.05) is 30.4 Å². The predicted molar refractivity (Wildman–Crippen MR) is 177 cm³/mol. The highest BCUT2D eigenvalue weighted by Gasteiger charge is 2.38. The zero-order chi connectivity index (χ0) is 31.9. The highest BCUT2D eigenvalue weighted by atomic mass is 16.2. The van der Waals surface area contributed by atoms with Gasteiger partial charge in [-0.15, -0.1) is 0 Å². The number of rotatable bonds is 11. The largest absolute Gasteiger partial charge is 0.393 e. The smallest absolute Gasteiger partial charge is 0.269 e. The van der Waals surface area contributed by atoms with Gasteiger partial charge in [0.2, 0.25) is 5.91 Å². The van der Waals surface area contributed by atoms with Crippen LogP contribution >= 0.6 is 0 Å². The molecule has 7 N–H and O–H groups in total. The van der Waals surface area contributed by atoms with Gasteiger partial charge in [-0.3, -0.25) is 24.2 Å². The van der Waals surface area contributed by atoms with Gasteiger partial charge in [-0.2, -0.15) is 5.10 Å². The Kier molecular flexibility index (Phi) is 7.89. The molecule has 1 atom stereocenters. The van der Waals surface area contributed by atoms with Crippen LogP contribution in [0.5, 0.6) is 0 Å². The van der Waals surface area contributed by atoms with Crippen LogP contribution in [0.1, 0.15) is 62.5 Å². The van der Waals surface area contributed by atoms with Crippen LogP contribution in [0.2, 0.25) is 0 Å². The number of hydrogen-bond acceptors (Lipinski definition) is 9. The summed E-state index contributed by atoms with van der Waals surface area (Å²) in [4.78, 5) is 34.6. The molecule has 0 spiro atoms. The number of anilines is 2. The first-order valence-electron chi connectivity index (χ1n) is 16.2. The number of likely N-dealkylation sites (tertiary alicyclic amines) is 1. The van der Waals surface area contributed by atoms with Crippen LogP contribution in [-0.2, 0) is 16.1 Å². The van der Waals surface area contributed by atoms with E-state index in [2.05, 4.69) is 61.5 Å². The first-order chi connectivity index (χ1) is 22.3. The summed E-state index contributed by atoms with van der Waals surface area (Å²) in [6.07, 6.45) is 9.82. The van der Waals surface area contributed by atoms with Gasteiger partial charge in [-0.05, 0) is 50.3 Å². The summed E-state index contributed by atoms with van der Waals surface area (Å²) in [5, 5.41) is 14.1. The Bertz CT molecular complexity index is 1700. The van der Waals surface area contributed by atoms with E-state index in [4.69, 9.17) is 16.6 Å². The second-order valence-electron chi connectivity index (χ2n) is 12.9. The Labute approximate surface area is 268 Å². The number of allylic oxidation sites excluding steroid dienone is 1. The molecular weight excluding hydrogens is 580 g/mol. The van der Waals surface area contributed by atoms with Crippen molar-refractivity contribution in [3.63, 3.8) is 0 Å². The lowest BCUT2D eigenvalue weighted by Crippen LogP contribution is -2.48. The van der Waals surface area contributed by atoms with Crippen LogP contribution < -0.4 is 32.3 Å². The highest BCUT2D eigenvalue weighted by Crippen LogP contribution is 2.49. The third-order valence-electron chi connectivity index (χ3n) is 9.31. The van der Waals surface area contributed by atoms with E-state index in [1.165, 1.54) is 5.69 Å². The number of carbonyl (C=O) groups is 2. The van der Waals surface area contributed by atoms with Crippen molar-refractivity contribution in [1.82, 2.24) is 30.3 Å².